The van der Waals surface area contributed by atoms with E-state index in [9.17, 15) is 65.9 Å². The highest BCUT2D eigenvalue weighted by atomic mass is 28.4. The second-order valence-electron chi connectivity index (χ2n) is 10.8. The van der Waals surface area contributed by atoms with Crippen molar-refractivity contribution in [2.24, 2.45) is 5.41 Å². The van der Waals surface area contributed by atoms with Gasteiger partial charge in [0.25, 0.3) is 0 Å². The minimum atomic E-state index is -5.22. The third-order valence-electron chi connectivity index (χ3n) is 7.35. The average Bonchev–Trinajstić information content (AvgIpc) is 2.64. The first-order chi connectivity index (χ1) is 16.3. The van der Waals surface area contributed by atoms with Gasteiger partial charge in [-0.15, -0.1) is 0 Å². The van der Waals surface area contributed by atoms with Gasteiger partial charge in [-0.25, -0.2) is 0 Å². The molecule has 0 rings (SSSR count). The quantitative estimate of drug-likeness (QED) is 0.154. The van der Waals surface area contributed by atoms with E-state index >= 15 is 0 Å². The lowest BCUT2D eigenvalue weighted by Crippen LogP contribution is -2.62. The van der Waals surface area contributed by atoms with Crippen LogP contribution in [0.1, 0.15) is 53.4 Å². The molecule has 0 heterocycles. The summed E-state index contributed by atoms with van der Waals surface area (Å²) in [6, 6.07) is -5.16. The van der Waals surface area contributed by atoms with Crippen LogP contribution in [-0.2, 0) is 4.12 Å². The fraction of sp³-hybridized carbons (Fsp3) is 1.00. The third-order valence-corrected chi connectivity index (χ3v) is 18.5. The van der Waals surface area contributed by atoms with Crippen LogP contribution in [0.2, 0.25) is 35.8 Å². The second-order valence-corrected chi connectivity index (χ2v) is 19.7. The molecule has 0 saturated heterocycles. The maximum Gasteiger partial charge on any atom is 0.394 e. The summed E-state index contributed by atoms with van der Waals surface area (Å²) < 4.78 is 205. The lowest BCUT2D eigenvalue weighted by molar-refractivity contribution is -0.224. The van der Waals surface area contributed by atoms with E-state index in [-0.39, 0.29) is 0 Å². The molecule has 18 heteroatoms. The number of alkyl halides is 15. The molecule has 1 nitrogen and oxygen atoms in total. The van der Waals surface area contributed by atoms with Gasteiger partial charge in [-0.3, -0.25) is 0 Å². The molecule has 0 saturated carbocycles. The van der Waals surface area contributed by atoms with Crippen LogP contribution in [0.5, 0.6) is 0 Å². The first-order valence-corrected chi connectivity index (χ1v) is 16.5. The second kappa shape index (κ2) is 11.7. The van der Waals surface area contributed by atoms with Gasteiger partial charge in [-0.05, 0) is 35.8 Å². The SMILES string of the molecule is CC(C)(C(F)(F)F)C(C)(C)[Si](CCC(F)(F)F)(CCC(F)(F)F)O[Si](C)(CCC(F)(F)F)CCC(F)(F)F. The van der Waals surface area contributed by atoms with E-state index in [1.807, 2.05) is 0 Å². The molecule has 0 radical (unpaired) electrons. The van der Waals surface area contributed by atoms with Crippen molar-refractivity contribution < 1.29 is 70.0 Å². The van der Waals surface area contributed by atoms with Crippen molar-refractivity contribution >= 4 is 16.6 Å². The monoisotopic (exact) mass is 628 g/mol. The zero-order valence-corrected chi connectivity index (χ0v) is 23.2. The number of halogens is 15. The Hall–Kier alpha value is -0.656. The number of hydrogen-bond donors (Lipinski definition) is 0. The summed E-state index contributed by atoms with van der Waals surface area (Å²) >= 11 is 0. The summed E-state index contributed by atoms with van der Waals surface area (Å²) in [6.45, 7) is 3.31. The van der Waals surface area contributed by atoms with Crippen LogP contribution in [0.25, 0.3) is 0 Å². The molecule has 38 heavy (non-hydrogen) atoms. The first-order valence-electron chi connectivity index (χ1n) is 11.3. The highest BCUT2D eigenvalue weighted by Crippen LogP contribution is 2.63. The van der Waals surface area contributed by atoms with Crippen molar-refractivity contribution in [3.05, 3.63) is 0 Å². The van der Waals surface area contributed by atoms with Crippen LogP contribution >= 0.6 is 0 Å². The Bertz CT molecular complexity index is 710. The van der Waals surface area contributed by atoms with E-state index in [2.05, 4.69) is 0 Å². The Morgan fingerprint density at radius 1 is 0.474 bits per heavy atom. The molecule has 0 aromatic heterocycles. The van der Waals surface area contributed by atoms with E-state index in [0.717, 1.165) is 20.4 Å². The maximum atomic E-state index is 14.1. The molecular formula is C20H31F15OSi2. The van der Waals surface area contributed by atoms with Gasteiger partial charge >= 0.3 is 30.9 Å². The van der Waals surface area contributed by atoms with E-state index in [1.54, 1.807) is 0 Å². The normalized spacial score (nSPS) is 15.8. The van der Waals surface area contributed by atoms with Crippen LogP contribution in [0.3, 0.4) is 0 Å². The van der Waals surface area contributed by atoms with Gasteiger partial charge in [0, 0.05) is 25.7 Å². The zero-order chi connectivity index (χ0) is 30.9. The topological polar surface area (TPSA) is 9.23 Å². The van der Waals surface area contributed by atoms with Gasteiger partial charge in [-0.2, -0.15) is 65.9 Å². The largest absolute Gasteiger partial charge is 0.454 e. The van der Waals surface area contributed by atoms with Crippen LogP contribution in [-0.4, -0.2) is 47.5 Å². The molecular weight excluding hydrogens is 597 g/mol. The molecule has 0 atom stereocenters. The molecule has 0 aromatic carbocycles. The molecule has 0 aromatic rings. The summed E-state index contributed by atoms with van der Waals surface area (Å²) in [5, 5.41) is -2.54. The molecule has 0 aliphatic carbocycles. The first kappa shape index (κ1) is 37.3. The maximum absolute atomic E-state index is 14.1. The van der Waals surface area contributed by atoms with Gasteiger partial charge in [0.05, 0.1) is 5.41 Å². The van der Waals surface area contributed by atoms with Crippen molar-refractivity contribution in [2.75, 3.05) is 0 Å². The van der Waals surface area contributed by atoms with Gasteiger partial charge in [-0.1, -0.05) is 27.7 Å². The Labute approximate surface area is 212 Å². The third kappa shape index (κ3) is 11.4. The van der Waals surface area contributed by atoms with E-state index in [0.29, 0.717) is 13.8 Å². The predicted molar refractivity (Wildman–Crippen MR) is 114 cm³/mol. The Kier molecular flexibility index (Phi) is 11.5. The van der Waals surface area contributed by atoms with Gasteiger partial charge in [0.15, 0.2) is 16.6 Å². The smallest absolute Gasteiger partial charge is 0.394 e. The zero-order valence-electron chi connectivity index (χ0n) is 21.2. The van der Waals surface area contributed by atoms with Crippen LogP contribution in [0, 0.1) is 5.41 Å². The minimum absolute atomic E-state index is 0.517. The van der Waals surface area contributed by atoms with Gasteiger partial charge in [0.1, 0.15) is 0 Å². The van der Waals surface area contributed by atoms with E-state index < -0.39 is 108 Å². The molecule has 0 aliphatic heterocycles. The number of hydrogen-bond acceptors (Lipinski definition) is 1. The number of rotatable bonds is 12. The van der Waals surface area contributed by atoms with E-state index in [4.69, 9.17) is 4.12 Å². The van der Waals surface area contributed by atoms with Crippen LogP contribution in [0.15, 0.2) is 0 Å². The standard InChI is InChI=1S/C20H31F15OSi2/c1-14(2,20(33,34)35)15(3,4)38(12-8-18(27,28)29,13-9-19(30,31)32)36-37(5,10-6-16(21,22)23)11-7-17(24,25)26/h6-13H2,1-5H3. The van der Waals surface area contributed by atoms with Crippen molar-refractivity contribution in [3.63, 3.8) is 0 Å². The van der Waals surface area contributed by atoms with Crippen LogP contribution < -0.4 is 0 Å². The lowest BCUT2D eigenvalue weighted by atomic mass is 9.79. The molecule has 0 spiro atoms. The van der Waals surface area contributed by atoms with Crippen LogP contribution in [0.4, 0.5) is 65.9 Å². The molecule has 0 amide bonds. The molecule has 0 aliphatic rings. The average molecular weight is 629 g/mol. The van der Waals surface area contributed by atoms with Gasteiger partial charge in [0.2, 0.25) is 0 Å². The van der Waals surface area contributed by atoms with Gasteiger partial charge < -0.3 is 4.12 Å². The highest BCUT2D eigenvalue weighted by molar-refractivity contribution is 6.88. The Morgan fingerprint density at radius 3 is 0.974 bits per heavy atom. The van der Waals surface area contributed by atoms with Crippen molar-refractivity contribution in [1.29, 1.82) is 0 Å². The summed E-state index contributed by atoms with van der Waals surface area (Å²) in [7, 11) is -9.67. The predicted octanol–water partition coefficient (Wildman–Crippen LogP) is 10.7. The van der Waals surface area contributed by atoms with Crippen molar-refractivity contribution in [2.45, 2.75) is 120 Å². The Morgan fingerprint density at radius 2 is 0.737 bits per heavy atom. The minimum Gasteiger partial charge on any atom is -0.454 e. The molecule has 0 unspecified atom stereocenters. The molecule has 0 fully saturated rings. The highest BCUT2D eigenvalue weighted by Gasteiger charge is 2.67. The summed E-state index contributed by atoms with van der Waals surface area (Å²) in [4.78, 5) is 0. The fourth-order valence-corrected chi connectivity index (χ4v) is 16.6. The molecule has 0 N–H and O–H groups in total. The summed E-state index contributed by atoms with van der Waals surface area (Å²) in [6.07, 6.45) is -32.7. The summed E-state index contributed by atoms with van der Waals surface area (Å²) in [5.74, 6) is 0. The lowest BCUT2D eigenvalue weighted by Gasteiger charge is -2.56. The molecule has 0 bridgehead atoms. The van der Waals surface area contributed by atoms with Crippen molar-refractivity contribution in [1.82, 2.24) is 0 Å². The fourth-order valence-electron chi connectivity index (χ4n) is 4.10. The molecule has 230 valence electrons. The Balaban J connectivity index is 7.18. The van der Waals surface area contributed by atoms with E-state index in [1.165, 1.54) is 0 Å². The van der Waals surface area contributed by atoms with Crippen molar-refractivity contribution in [3.8, 4) is 0 Å². The summed E-state index contributed by atoms with van der Waals surface area (Å²) in [5.41, 5.74) is -3.02.